The van der Waals surface area contributed by atoms with E-state index in [0.717, 1.165) is 19.3 Å². The summed E-state index contributed by atoms with van der Waals surface area (Å²) in [5.74, 6) is 0.620. The van der Waals surface area contributed by atoms with Crippen LogP contribution in [0.4, 0.5) is 5.69 Å². The Hall–Kier alpha value is -1.66. The molecule has 1 aliphatic carbocycles. The summed E-state index contributed by atoms with van der Waals surface area (Å²) in [6.07, 6.45) is 3.17. The smallest absolute Gasteiger partial charge is 0.185 e. The predicted molar refractivity (Wildman–Crippen MR) is 76.4 cm³/mol. The molecule has 7 heteroatoms. The highest BCUT2D eigenvalue weighted by Crippen LogP contribution is 2.37. The summed E-state index contributed by atoms with van der Waals surface area (Å²) < 4.78 is 7.22. The van der Waals surface area contributed by atoms with Crippen molar-refractivity contribution in [3.63, 3.8) is 0 Å². The van der Waals surface area contributed by atoms with Gasteiger partial charge in [-0.05, 0) is 41.8 Å². The third-order valence-corrected chi connectivity index (χ3v) is 4.11. The minimum absolute atomic E-state index is 0.223. The van der Waals surface area contributed by atoms with Crippen LogP contribution in [0, 0.1) is 0 Å². The van der Waals surface area contributed by atoms with E-state index in [9.17, 15) is 0 Å². The van der Waals surface area contributed by atoms with Crippen LogP contribution in [0.2, 0.25) is 5.02 Å². The lowest BCUT2D eigenvalue weighted by Gasteiger charge is -2.14. The molecule has 2 aromatic rings. The minimum Gasteiger partial charge on any atom is -0.398 e. The highest BCUT2D eigenvalue weighted by atomic mass is 35.5. The molecule has 1 heterocycles. The molecule has 2 N–H and O–H groups in total. The molecule has 1 aromatic carbocycles. The van der Waals surface area contributed by atoms with Gasteiger partial charge in [0.1, 0.15) is 0 Å². The summed E-state index contributed by atoms with van der Waals surface area (Å²) in [6, 6.07) is 5.62. The van der Waals surface area contributed by atoms with Gasteiger partial charge in [0, 0.05) is 12.8 Å². The van der Waals surface area contributed by atoms with Gasteiger partial charge in [-0.2, -0.15) is 0 Å². The van der Waals surface area contributed by atoms with Gasteiger partial charge < -0.3 is 10.5 Å². The third kappa shape index (κ3) is 2.25. The molecule has 20 heavy (non-hydrogen) atoms. The summed E-state index contributed by atoms with van der Waals surface area (Å²) in [5.41, 5.74) is 7.29. The lowest BCUT2D eigenvalue weighted by atomic mass is 10.1. The first-order valence-corrected chi connectivity index (χ1v) is 6.93. The molecule has 3 rings (SSSR count). The second-order valence-corrected chi connectivity index (χ2v) is 5.38. The van der Waals surface area contributed by atoms with Crippen LogP contribution in [-0.2, 0) is 4.74 Å². The van der Waals surface area contributed by atoms with Crippen molar-refractivity contribution in [2.75, 3.05) is 12.8 Å². The van der Waals surface area contributed by atoms with Crippen molar-refractivity contribution >= 4 is 17.3 Å². The number of methoxy groups -OCH3 is 1. The van der Waals surface area contributed by atoms with E-state index in [0.29, 0.717) is 22.1 Å². The van der Waals surface area contributed by atoms with E-state index in [1.54, 1.807) is 19.2 Å². The summed E-state index contributed by atoms with van der Waals surface area (Å²) in [4.78, 5) is 0. The SMILES string of the molecule is COC1CCC(n2nnnc2-c2c(N)cccc2Cl)C1. The fourth-order valence-electron chi connectivity index (χ4n) is 2.73. The average Bonchev–Trinajstić information content (AvgIpc) is 3.06. The van der Waals surface area contributed by atoms with Crippen molar-refractivity contribution in [1.29, 1.82) is 0 Å². The quantitative estimate of drug-likeness (QED) is 0.879. The summed E-state index contributed by atoms with van der Waals surface area (Å²) in [5, 5.41) is 12.6. The lowest BCUT2D eigenvalue weighted by Crippen LogP contribution is -2.12. The van der Waals surface area contributed by atoms with Gasteiger partial charge >= 0.3 is 0 Å². The van der Waals surface area contributed by atoms with E-state index >= 15 is 0 Å². The number of halogens is 1. The van der Waals surface area contributed by atoms with E-state index in [-0.39, 0.29) is 12.1 Å². The Labute approximate surface area is 121 Å². The van der Waals surface area contributed by atoms with Gasteiger partial charge in [-0.25, -0.2) is 4.68 Å². The summed E-state index contributed by atoms with van der Waals surface area (Å²) in [6.45, 7) is 0. The topological polar surface area (TPSA) is 78.8 Å². The second-order valence-electron chi connectivity index (χ2n) is 4.98. The Kier molecular flexibility index (Phi) is 3.58. The number of benzene rings is 1. The van der Waals surface area contributed by atoms with Gasteiger partial charge in [0.2, 0.25) is 0 Å². The van der Waals surface area contributed by atoms with Crippen molar-refractivity contribution < 1.29 is 4.74 Å². The van der Waals surface area contributed by atoms with Crippen molar-refractivity contribution in [1.82, 2.24) is 20.2 Å². The first-order chi connectivity index (χ1) is 9.70. The molecular formula is C13H16ClN5O. The van der Waals surface area contributed by atoms with Crippen LogP contribution in [0.15, 0.2) is 18.2 Å². The normalized spacial score (nSPS) is 22.3. The van der Waals surface area contributed by atoms with Gasteiger partial charge in [-0.1, -0.05) is 17.7 Å². The molecule has 0 radical (unpaired) electrons. The van der Waals surface area contributed by atoms with E-state index in [2.05, 4.69) is 15.5 Å². The number of tetrazole rings is 1. The molecule has 2 unspecified atom stereocenters. The van der Waals surface area contributed by atoms with Crippen LogP contribution in [-0.4, -0.2) is 33.4 Å². The molecule has 0 aliphatic heterocycles. The fraction of sp³-hybridized carbons (Fsp3) is 0.462. The summed E-state index contributed by atoms with van der Waals surface area (Å²) >= 11 is 6.24. The Morgan fingerprint density at radius 1 is 1.40 bits per heavy atom. The van der Waals surface area contributed by atoms with Crippen molar-refractivity contribution in [3.8, 4) is 11.4 Å². The number of hydrogen-bond acceptors (Lipinski definition) is 5. The molecule has 0 amide bonds. The number of aromatic nitrogens is 4. The first-order valence-electron chi connectivity index (χ1n) is 6.55. The standard InChI is InChI=1S/C13H16ClN5O/c1-20-9-6-5-8(7-9)19-13(16-17-18-19)12-10(14)3-2-4-11(12)15/h2-4,8-9H,5-7,15H2,1H3. The van der Waals surface area contributed by atoms with Crippen LogP contribution in [0.3, 0.4) is 0 Å². The zero-order valence-electron chi connectivity index (χ0n) is 11.2. The minimum atomic E-state index is 0.223. The first kappa shape index (κ1) is 13.3. The van der Waals surface area contributed by atoms with Crippen molar-refractivity contribution in [2.45, 2.75) is 31.4 Å². The van der Waals surface area contributed by atoms with E-state index in [1.165, 1.54) is 0 Å². The molecule has 6 nitrogen and oxygen atoms in total. The highest BCUT2D eigenvalue weighted by molar-refractivity contribution is 6.33. The number of nitrogen functional groups attached to an aromatic ring is 1. The fourth-order valence-corrected chi connectivity index (χ4v) is 3.00. The maximum absolute atomic E-state index is 6.24. The lowest BCUT2D eigenvalue weighted by molar-refractivity contribution is 0.105. The maximum Gasteiger partial charge on any atom is 0.185 e. The third-order valence-electron chi connectivity index (χ3n) is 3.80. The molecule has 1 aromatic heterocycles. The molecule has 2 atom stereocenters. The van der Waals surface area contributed by atoms with Crippen LogP contribution >= 0.6 is 11.6 Å². The van der Waals surface area contributed by atoms with Crippen molar-refractivity contribution in [3.05, 3.63) is 23.2 Å². The van der Waals surface area contributed by atoms with E-state index in [4.69, 9.17) is 22.1 Å². The van der Waals surface area contributed by atoms with Gasteiger partial charge in [-0.3, -0.25) is 0 Å². The number of rotatable bonds is 3. The monoisotopic (exact) mass is 293 g/mol. The van der Waals surface area contributed by atoms with Gasteiger partial charge in [0.05, 0.1) is 22.7 Å². The number of anilines is 1. The molecule has 1 saturated carbocycles. The predicted octanol–water partition coefficient (Wildman–Crippen LogP) is 2.32. The van der Waals surface area contributed by atoms with Gasteiger partial charge in [0.15, 0.2) is 5.82 Å². The van der Waals surface area contributed by atoms with Gasteiger partial charge in [-0.15, -0.1) is 5.10 Å². The van der Waals surface area contributed by atoms with E-state index in [1.807, 2.05) is 10.7 Å². The number of hydrogen-bond donors (Lipinski definition) is 1. The van der Waals surface area contributed by atoms with Gasteiger partial charge in [0.25, 0.3) is 0 Å². The molecular weight excluding hydrogens is 278 g/mol. The molecule has 0 bridgehead atoms. The second kappa shape index (κ2) is 5.38. The molecule has 106 valence electrons. The number of nitrogens with zero attached hydrogens (tertiary/aromatic N) is 4. The maximum atomic E-state index is 6.24. The van der Waals surface area contributed by atoms with Crippen molar-refractivity contribution in [2.24, 2.45) is 0 Å². The van der Waals surface area contributed by atoms with Crippen LogP contribution in [0.5, 0.6) is 0 Å². The van der Waals surface area contributed by atoms with Crippen LogP contribution in [0.1, 0.15) is 25.3 Å². The molecule has 1 fully saturated rings. The Balaban J connectivity index is 1.99. The molecule has 0 saturated heterocycles. The largest absolute Gasteiger partial charge is 0.398 e. The van der Waals surface area contributed by atoms with E-state index < -0.39 is 0 Å². The van der Waals surface area contributed by atoms with Crippen LogP contribution < -0.4 is 5.73 Å². The highest BCUT2D eigenvalue weighted by Gasteiger charge is 2.29. The summed E-state index contributed by atoms with van der Waals surface area (Å²) in [7, 11) is 1.74. The molecule has 0 spiro atoms. The average molecular weight is 294 g/mol. The number of ether oxygens (including phenoxy) is 1. The Bertz CT molecular complexity index is 594. The zero-order valence-corrected chi connectivity index (χ0v) is 11.9. The Morgan fingerprint density at radius 2 is 2.25 bits per heavy atom. The van der Waals surface area contributed by atoms with Crippen LogP contribution in [0.25, 0.3) is 11.4 Å². The molecule has 1 aliphatic rings. The Morgan fingerprint density at radius 3 is 2.95 bits per heavy atom. The zero-order chi connectivity index (χ0) is 14.1. The number of nitrogens with two attached hydrogens (primary N) is 1.